The van der Waals surface area contributed by atoms with Crippen LogP contribution in [0.5, 0.6) is 11.5 Å². The van der Waals surface area contributed by atoms with Crippen LogP contribution in [0, 0.1) is 0 Å². The van der Waals surface area contributed by atoms with Crippen LogP contribution < -0.4 is 14.8 Å². The molecule has 0 bridgehead atoms. The molecule has 0 unspecified atom stereocenters. The number of nitrogens with one attached hydrogen (secondary N) is 1. The maximum absolute atomic E-state index is 12.5. The van der Waals surface area contributed by atoms with Crippen molar-refractivity contribution in [1.29, 1.82) is 0 Å². The van der Waals surface area contributed by atoms with Gasteiger partial charge in [-0.3, -0.25) is 9.59 Å². The van der Waals surface area contributed by atoms with E-state index in [1.165, 1.54) is 20.3 Å². The highest BCUT2D eigenvalue weighted by atomic mass is 35.5. The van der Waals surface area contributed by atoms with Crippen LogP contribution in [-0.4, -0.2) is 44.0 Å². The third-order valence-corrected chi connectivity index (χ3v) is 5.00. The van der Waals surface area contributed by atoms with Crippen molar-refractivity contribution < 1.29 is 19.1 Å². The maximum Gasteiger partial charge on any atom is 0.253 e. The molecule has 7 heteroatoms. The lowest BCUT2D eigenvalue weighted by Gasteiger charge is -2.16. The Kier molecular flexibility index (Phi) is 6.41. The van der Waals surface area contributed by atoms with Gasteiger partial charge in [-0.25, -0.2) is 0 Å². The zero-order chi connectivity index (χ0) is 20.1. The molecule has 1 aliphatic rings. The normalized spacial score (nSPS) is 13.3. The molecule has 3 rings (SSSR count). The van der Waals surface area contributed by atoms with E-state index in [0.717, 1.165) is 31.5 Å². The second-order valence-electron chi connectivity index (χ2n) is 6.58. The Morgan fingerprint density at radius 2 is 1.82 bits per heavy atom. The first-order valence-electron chi connectivity index (χ1n) is 9.11. The Morgan fingerprint density at radius 1 is 1.07 bits per heavy atom. The van der Waals surface area contributed by atoms with Gasteiger partial charge in [0.25, 0.3) is 11.8 Å². The molecule has 6 nitrogen and oxygen atoms in total. The van der Waals surface area contributed by atoms with E-state index in [4.69, 9.17) is 21.1 Å². The van der Waals surface area contributed by atoms with Crippen molar-refractivity contribution in [1.82, 2.24) is 10.2 Å². The van der Waals surface area contributed by atoms with Gasteiger partial charge in [0, 0.05) is 30.8 Å². The fraction of sp³-hybridized carbons (Fsp3) is 0.333. The van der Waals surface area contributed by atoms with Crippen molar-refractivity contribution in [2.45, 2.75) is 19.4 Å². The van der Waals surface area contributed by atoms with Crippen LogP contribution >= 0.6 is 11.6 Å². The van der Waals surface area contributed by atoms with E-state index in [1.807, 2.05) is 23.1 Å². The molecule has 1 fully saturated rings. The van der Waals surface area contributed by atoms with Gasteiger partial charge in [-0.2, -0.15) is 0 Å². The van der Waals surface area contributed by atoms with Gasteiger partial charge in [0.1, 0.15) is 0 Å². The van der Waals surface area contributed by atoms with Gasteiger partial charge in [0.05, 0.1) is 19.2 Å². The highest BCUT2D eigenvalue weighted by Gasteiger charge is 2.20. The minimum absolute atomic E-state index is 0.0392. The van der Waals surface area contributed by atoms with E-state index >= 15 is 0 Å². The van der Waals surface area contributed by atoms with Crippen molar-refractivity contribution in [2.75, 3.05) is 27.3 Å². The van der Waals surface area contributed by atoms with Crippen LogP contribution in [0.3, 0.4) is 0 Å². The van der Waals surface area contributed by atoms with Crippen LogP contribution in [0.4, 0.5) is 0 Å². The minimum Gasteiger partial charge on any atom is -0.493 e. The number of carbonyl (C=O) groups excluding carboxylic acids is 2. The lowest BCUT2D eigenvalue weighted by Crippen LogP contribution is -2.28. The second-order valence-corrected chi connectivity index (χ2v) is 6.98. The molecule has 28 heavy (non-hydrogen) atoms. The summed E-state index contributed by atoms with van der Waals surface area (Å²) >= 11 is 6.17. The van der Waals surface area contributed by atoms with E-state index in [1.54, 1.807) is 12.1 Å². The third kappa shape index (κ3) is 4.39. The Bertz CT molecular complexity index is 879. The topological polar surface area (TPSA) is 67.9 Å². The van der Waals surface area contributed by atoms with E-state index in [9.17, 15) is 9.59 Å². The Balaban J connectivity index is 1.69. The maximum atomic E-state index is 12.5. The van der Waals surface area contributed by atoms with Gasteiger partial charge in [-0.15, -0.1) is 0 Å². The average Bonchev–Trinajstić information content (AvgIpc) is 3.25. The largest absolute Gasteiger partial charge is 0.493 e. The summed E-state index contributed by atoms with van der Waals surface area (Å²) in [6.45, 7) is 1.91. The van der Waals surface area contributed by atoms with E-state index in [2.05, 4.69) is 5.32 Å². The van der Waals surface area contributed by atoms with Crippen LogP contribution in [-0.2, 0) is 6.54 Å². The summed E-state index contributed by atoms with van der Waals surface area (Å²) in [5.74, 6) is 0.517. The molecule has 1 heterocycles. The van der Waals surface area contributed by atoms with E-state index in [-0.39, 0.29) is 11.8 Å². The molecule has 0 aromatic heterocycles. The van der Waals surface area contributed by atoms with Crippen molar-refractivity contribution >= 4 is 23.4 Å². The lowest BCUT2D eigenvalue weighted by atomic mass is 10.1. The summed E-state index contributed by atoms with van der Waals surface area (Å²) in [7, 11) is 2.97. The van der Waals surface area contributed by atoms with Crippen molar-refractivity contribution in [3.05, 3.63) is 58.1 Å². The number of halogens is 1. The van der Waals surface area contributed by atoms with Crippen LogP contribution in [0.1, 0.15) is 39.1 Å². The van der Waals surface area contributed by atoms with Crippen LogP contribution in [0.15, 0.2) is 36.4 Å². The monoisotopic (exact) mass is 402 g/mol. The number of nitrogens with zero attached hydrogens (tertiary/aromatic N) is 1. The molecule has 1 saturated heterocycles. The summed E-state index contributed by atoms with van der Waals surface area (Å²) in [6, 6.07) is 10.4. The molecule has 0 aliphatic carbocycles. The lowest BCUT2D eigenvalue weighted by molar-refractivity contribution is 0.0792. The first-order valence-corrected chi connectivity index (χ1v) is 9.49. The van der Waals surface area contributed by atoms with Crippen molar-refractivity contribution in [2.24, 2.45) is 0 Å². The van der Waals surface area contributed by atoms with E-state index < -0.39 is 0 Å². The van der Waals surface area contributed by atoms with E-state index in [0.29, 0.717) is 34.2 Å². The molecule has 2 aromatic rings. The highest BCUT2D eigenvalue weighted by molar-refractivity contribution is 6.32. The molecule has 0 atom stereocenters. The van der Waals surface area contributed by atoms with Crippen molar-refractivity contribution in [3.63, 3.8) is 0 Å². The zero-order valence-corrected chi connectivity index (χ0v) is 16.7. The molecule has 2 aromatic carbocycles. The quantitative estimate of drug-likeness (QED) is 0.802. The number of amides is 2. The molecule has 0 saturated carbocycles. The van der Waals surface area contributed by atoms with Gasteiger partial charge in [-0.05, 0) is 42.7 Å². The summed E-state index contributed by atoms with van der Waals surface area (Å²) in [5.41, 5.74) is 1.86. The minimum atomic E-state index is -0.292. The zero-order valence-electron chi connectivity index (χ0n) is 16.0. The molecular weight excluding hydrogens is 380 g/mol. The second kappa shape index (κ2) is 8.97. The summed E-state index contributed by atoms with van der Waals surface area (Å²) in [6.07, 6.45) is 2.10. The average molecular weight is 403 g/mol. The number of hydrogen-bond acceptors (Lipinski definition) is 4. The number of rotatable bonds is 6. The first-order chi connectivity index (χ1) is 13.5. The predicted octanol–water partition coefficient (Wildman–Crippen LogP) is 3.52. The summed E-state index contributed by atoms with van der Waals surface area (Å²) in [4.78, 5) is 26.9. The number of ether oxygens (including phenoxy) is 2. The van der Waals surface area contributed by atoms with Crippen LogP contribution in [0.25, 0.3) is 0 Å². The number of benzene rings is 2. The predicted molar refractivity (Wildman–Crippen MR) is 107 cm³/mol. The fourth-order valence-electron chi connectivity index (χ4n) is 3.25. The first kappa shape index (κ1) is 20.0. The Hall–Kier alpha value is -2.73. The van der Waals surface area contributed by atoms with Gasteiger partial charge >= 0.3 is 0 Å². The summed E-state index contributed by atoms with van der Waals surface area (Å²) < 4.78 is 10.4. The molecule has 148 valence electrons. The van der Waals surface area contributed by atoms with Gasteiger partial charge < -0.3 is 19.7 Å². The van der Waals surface area contributed by atoms with Gasteiger partial charge in [-0.1, -0.05) is 23.7 Å². The SMILES string of the molecule is COc1cc(C(=O)NCc2cccc(C(=O)N3CCCC3)c2)cc(Cl)c1OC. The number of likely N-dealkylation sites (tertiary alicyclic amines) is 1. The number of carbonyl (C=O) groups is 2. The molecule has 2 amide bonds. The highest BCUT2D eigenvalue weighted by Crippen LogP contribution is 2.36. The van der Waals surface area contributed by atoms with Gasteiger partial charge in [0.15, 0.2) is 11.5 Å². The Labute approximate surface area is 169 Å². The number of hydrogen-bond donors (Lipinski definition) is 1. The van der Waals surface area contributed by atoms with Crippen LogP contribution in [0.2, 0.25) is 5.02 Å². The number of methoxy groups -OCH3 is 2. The van der Waals surface area contributed by atoms with Gasteiger partial charge in [0.2, 0.25) is 0 Å². The molecular formula is C21H23ClN2O4. The molecule has 1 aliphatic heterocycles. The molecule has 0 spiro atoms. The fourth-order valence-corrected chi connectivity index (χ4v) is 3.54. The summed E-state index contributed by atoms with van der Waals surface area (Å²) in [5, 5.41) is 3.14. The Morgan fingerprint density at radius 3 is 2.50 bits per heavy atom. The molecule has 1 N–H and O–H groups in total. The molecule has 0 radical (unpaired) electrons. The third-order valence-electron chi connectivity index (χ3n) is 4.72. The van der Waals surface area contributed by atoms with Crippen molar-refractivity contribution in [3.8, 4) is 11.5 Å². The smallest absolute Gasteiger partial charge is 0.253 e. The standard InChI is InChI=1S/C21H23ClN2O4/c1-27-18-12-16(11-17(22)19(18)28-2)20(25)23-13-14-6-5-7-15(10-14)21(26)24-8-3-4-9-24/h5-7,10-12H,3-4,8-9,13H2,1-2H3,(H,23,25).